The molecule has 1 N–H and O–H groups in total. The fraction of sp³-hybridized carbons (Fsp3) is 0.133. The molecule has 0 saturated heterocycles. The maximum absolute atomic E-state index is 6.02. The molecule has 0 bridgehead atoms. The van der Waals surface area contributed by atoms with Crippen LogP contribution in [0, 0.1) is 13.8 Å². The first-order chi connectivity index (χ1) is 8.66. The van der Waals surface area contributed by atoms with E-state index in [9.17, 15) is 0 Å². The van der Waals surface area contributed by atoms with Gasteiger partial charge >= 0.3 is 0 Å². The van der Waals surface area contributed by atoms with Crippen LogP contribution < -0.4 is 5.43 Å². The number of halogens is 1. The molecule has 0 fully saturated rings. The van der Waals surface area contributed by atoms with Gasteiger partial charge in [-0.05, 0) is 37.1 Å². The van der Waals surface area contributed by atoms with Crippen molar-refractivity contribution in [3.05, 3.63) is 64.2 Å². The molecule has 2 nitrogen and oxygen atoms in total. The van der Waals surface area contributed by atoms with Crippen LogP contribution in [0.2, 0.25) is 5.02 Å². The van der Waals surface area contributed by atoms with Crippen molar-refractivity contribution >= 4 is 23.5 Å². The summed E-state index contributed by atoms with van der Waals surface area (Å²) in [4.78, 5) is 0. The normalized spacial score (nSPS) is 10.8. The second-order valence-electron chi connectivity index (χ2n) is 4.21. The van der Waals surface area contributed by atoms with Gasteiger partial charge in [-0.3, -0.25) is 5.43 Å². The fourth-order valence-corrected chi connectivity index (χ4v) is 1.87. The van der Waals surface area contributed by atoms with Crippen molar-refractivity contribution in [2.45, 2.75) is 13.8 Å². The second kappa shape index (κ2) is 5.69. The van der Waals surface area contributed by atoms with Gasteiger partial charge in [-0.25, -0.2) is 0 Å². The average Bonchev–Trinajstić information content (AvgIpc) is 2.34. The Labute approximate surface area is 112 Å². The minimum absolute atomic E-state index is 0.662. The molecule has 0 saturated carbocycles. The van der Waals surface area contributed by atoms with Crippen LogP contribution in [0.3, 0.4) is 0 Å². The summed E-state index contributed by atoms with van der Waals surface area (Å²) in [5.74, 6) is 0. The molecule has 0 aliphatic carbocycles. The molecule has 2 aromatic carbocycles. The van der Waals surface area contributed by atoms with Crippen molar-refractivity contribution in [3.63, 3.8) is 0 Å². The topological polar surface area (TPSA) is 24.4 Å². The number of hydrogen-bond acceptors (Lipinski definition) is 2. The van der Waals surface area contributed by atoms with E-state index in [2.05, 4.69) is 42.6 Å². The number of aryl methyl sites for hydroxylation is 2. The third-order valence-corrected chi connectivity index (χ3v) is 3.02. The number of hydrogen-bond donors (Lipinski definition) is 1. The minimum Gasteiger partial charge on any atom is -0.277 e. The summed E-state index contributed by atoms with van der Waals surface area (Å²) in [5, 5.41) is 4.87. The zero-order valence-electron chi connectivity index (χ0n) is 10.4. The zero-order chi connectivity index (χ0) is 13.0. The maximum Gasteiger partial charge on any atom is 0.0748 e. The minimum atomic E-state index is 0.662. The first kappa shape index (κ1) is 12.7. The number of para-hydroxylation sites is 1. The Morgan fingerprint density at radius 2 is 1.89 bits per heavy atom. The predicted molar refractivity (Wildman–Crippen MR) is 78.6 cm³/mol. The van der Waals surface area contributed by atoms with Crippen molar-refractivity contribution in [1.29, 1.82) is 0 Å². The summed E-state index contributed by atoms with van der Waals surface area (Å²) in [7, 11) is 0. The molecule has 0 aromatic heterocycles. The van der Waals surface area contributed by atoms with Crippen molar-refractivity contribution in [2.75, 3.05) is 5.43 Å². The van der Waals surface area contributed by atoms with Crippen LogP contribution in [0.5, 0.6) is 0 Å². The first-order valence-electron chi connectivity index (χ1n) is 5.77. The molecule has 0 amide bonds. The van der Waals surface area contributed by atoms with Crippen LogP contribution in [0.15, 0.2) is 47.6 Å². The van der Waals surface area contributed by atoms with Crippen molar-refractivity contribution in [2.24, 2.45) is 5.10 Å². The molecule has 18 heavy (non-hydrogen) atoms. The molecular weight excluding hydrogens is 244 g/mol. The Morgan fingerprint density at radius 1 is 1.11 bits per heavy atom. The predicted octanol–water partition coefficient (Wildman–Crippen LogP) is 4.40. The summed E-state index contributed by atoms with van der Waals surface area (Å²) in [6.45, 7) is 4.15. The maximum atomic E-state index is 6.02. The van der Waals surface area contributed by atoms with Crippen LogP contribution in [0.25, 0.3) is 0 Å². The SMILES string of the molecule is Cc1ccc(/C=N\Nc2ccccc2Cl)c(C)c1. The summed E-state index contributed by atoms with van der Waals surface area (Å²) in [5.41, 5.74) is 7.31. The van der Waals surface area contributed by atoms with Gasteiger partial charge in [0.25, 0.3) is 0 Å². The molecule has 0 heterocycles. The van der Waals surface area contributed by atoms with Gasteiger partial charge in [-0.2, -0.15) is 5.10 Å². The third-order valence-electron chi connectivity index (χ3n) is 2.69. The van der Waals surface area contributed by atoms with E-state index >= 15 is 0 Å². The Kier molecular flexibility index (Phi) is 4.00. The van der Waals surface area contributed by atoms with Gasteiger partial charge < -0.3 is 0 Å². The largest absolute Gasteiger partial charge is 0.277 e. The van der Waals surface area contributed by atoms with E-state index < -0.39 is 0 Å². The van der Waals surface area contributed by atoms with E-state index in [-0.39, 0.29) is 0 Å². The summed E-state index contributed by atoms with van der Waals surface area (Å²) < 4.78 is 0. The van der Waals surface area contributed by atoms with E-state index in [1.165, 1.54) is 11.1 Å². The first-order valence-corrected chi connectivity index (χ1v) is 6.15. The van der Waals surface area contributed by atoms with Gasteiger partial charge in [0.15, 0.2) is 0 Å². The quantitative estimate of drug-likeness (QED) is 0.640. The lowest BCUT2D eigenvalue weighted by molar-refractivity contribution is 1.33. The highest BCUT2D eigenvalue weighted by molar-refractivity contribution is 6.33. The Morgan fingerprint density at radius 3 is 2.61 bits per heavy atom. The second-order valence-corrected chi connectivity index (χ2v) is 4.62. The van der Waals surface area contributed by atoms with Crippen LogP contribution in [0.4, 0.5) is 5.69 Å². The number of benzene rings is 2. The highest BCUT2D eigenvalue weighted by Crippen LogP contribution is 2.20. The van der Waals surface area contributed by atoms with Crippen LogP contribution >= 0.6 is 11.6 Å². The highest BCUT2D eigenvalue weighted by Gasteiger charge is 1.97. The van der Waals surface area contributed by atoms with Gasteiger partial charge in [0.1, 0.15) is 0 Å². The van der Waals surface area contributed by atoms with Crippen LogP contribution in [-0.4, -0.2) is 6.21 Å². The lowest BCUT2D eigenvalue weighted by Gasteiger charge is -2.03. The molecule has 2 aromatic rings. The summed E-state index contributed by atoms with van der Waals surface area (Å²) in [6, 6.07) is 13.8. The molecule has 0 unspecified atom stereocenters. The fourth-order valence-electron chi connectivity index (χ4n) is 1.69. The van der Waals surface area contributed by atoms with Gasteiger partial charge in [0, 0.05) is 0 Å². The Bertz CT molecular complexity index is 576. The lowest BCUT2D eigenvalue weighted by Crippen LogP contribution is -1.93. The number of anilines is 1. The number of nitrogens with zero attached hydrogens (tertiary/aromatic N) is 1. The number of hydrazone groups is 1. The smallest absolute Gasteiger partial charge is 0.0748 e. The Hall–Kier alpha value is -1.80. The lowest BCUT2D eigenvalue weighted by atomic mass is 10.1. The van der Waals surface area contributed by atoms with Crippen LogP contribution in [-0.2, 0) is 0 Å². The summed E-state index contributed by atoms with van der Waals surface area (Å²) >= 11 is 6.02. The molecule has 0 aliphatic heterocycles. The number of nitrogens with one attached hydrogen (secondary N) is 1. The monoisotopic (exact) mass is 258 g/mol. The van der Waals surface area contributed by atoms with Gasteiger partial charge in [0.2, 0.25) is 0 Å². The standard InChI is InChI=1S/C15H15ClN2/c1-11-7-8-13(12(2)9-11)10-17-18-15-6-4-3-5-14(15)16/h3-10,18H,1-2H3/b17-10-. The van der Waals surface area contributed by atoms with E-state index in [0.717, 1.165) is 11.3 Å². The Balaban J connectivity index is 2.10. The molecule has 0 radical (unpaired) electrons. The van der Waals surface area contributed by atoms with Crippen molar-refractivity contribution in [3.8, 4) is 0 Å². The molecule has 0 aliphatic rings. The van der Waals surface area contributed by atoms with Crippen LogP contribution in [0.1, 0.15) is 16.7 Å². The van der Waals surface area contributed by atoms with Gasteiger partial charge in [-0.1, -0.05) is 47.5 Å². The molecular formula is C15H15ClN2. The van der Waals surface area contributed by atoms with Gasteiger partial charge in [0.05, 0.1) is 16.9 Å². The van der Waals surface area contributed by atoms with Crippen molar-refractivity contribution < 1.29 is 0 Å². The highest BCUT2D eigenvalue weighted by atomic mass is 35.5. The van der Waals surface area contributed by atoms with E-state index in [0.29, 0.717) is 5.02 Å². The zero-order valence-corrected chi connectivity index (χ0v) is 11.2. The summed E-state index contributed by atoms with van der Waals surface area (Å²) in [6.07, 6.45) is 1.80. The molecule has 92 valence electrons. The van der Waals surface area contributed by atoms with Crippen molar-refractivity contribution in [1.82, 2.24) is 0 Å². The van der Waals surface area contributed by atoms with E-state index in [4.69, 9.17) is 11.6 Å². The molecule has 0 atom stereocenters. The third kappa shape index (κ3) is 3.11. The number of rotatable bonds is 3. The molecule has 0 spiro atoms. The van der Waals surface area contributed by atoms with E-state index in [1.807, 2.05) is 24.3 Å². The average molecular weight is 259 g/mol. The molecule has 3 heteroatoms. The van der Waals surface area contributed by atoms with Gasteiger partial charge in [-0.15, -0.1) is 0 Å². The van der Waals surface area contributed by atoms with E-state index in [1.54, 1.807) is 6.21 Å². The molecule has 2 rings (SSSR count).